The number of nitrogens with one attached hydrogen (secondary N) is 1. The van der Waals surface area contributed by atoms with Crippen LogP contribution in [0.25, 0.3) is 0 Å². The Morgan fingerprint density at radius 1 is 0.800 bits per heavy atom. The Morgan fingerprint density at radius 3 is 2.05 bits per heavy atom. The van der Waals surface area contributed by atoms with Gasteiger partial charge in [-0.15, -0.1) is 0 Å². The van der Waals surface area contributed by atoms with Crippen molar-refractivity contribution in [3.05, 3.63) is 71.8 Å². The van der Waals surface area contributed by atoms with Crippen molar-refractivity contribution in [2.24, 2.45) is 5.92 Å². The third-order valence-corrected chi connectivity index (χ3v) is 7.19. The van der Waals surface area contributed by atoms with Crippen LogP contribution in [0.2, 0.25) is 0 Å². The summed E-state index contributed by atoms with van der Waals surface area (Å²) < 4.78 is 27.0. The second-order valence-corrected chi connectivity index (χ2v) is 9.40. The van der Waals surface area contributed by atoms with E-state index in [-0.39, 0.29) is 18.2 Å². The molecule has 0 radical (unpaired) electrons. The lowest BCUT2D eigenvalue weighted by Crippen LogP contribution is -2.48. The zero-order valence-electron chi connectivity index (χ0n) is 23.6. The van der Waals surface area contributed by atoms with Crippen LogP contribution in [0.1, 0.15) is 30.0 Å². The molecule has 0 spiro atoms. The molecule has 40 heavy (non-hydrogen) atoms. The number of anilines is 1. The predicted octanol–water partition coefficient (Wildman–Crippen LogP) is 4.57. The molecule has 1 fully saturated rings. The van der Waals surface area contributed by atoms with E-state index in [1.54, 1.807) is 58.6 Å². The molecule has 0 bridgehead atoms. The number of carbonyl (C=O) groups is 2. The summed E-state index contributed by atoms with van der Waals surface area (Å²) in [6.45, 7) is 0.431. The number of nitrogens with zero attached hydrogens (tertiary/aromatic N) is 1. The van der Waals surface area contributed by atoms with Gasteiger partial charge in [0.1, 0.15) is 5.75 Å². The number of methoxy groups -OCH3 is 5. The fourth-order valence-electron chi connectivity index (χ4n) is 5.13. The summed E-state index contributed by atoms with van der Waals surface area (Å²) in [5, 5.41) is 3.10. The number of piperidine rings is 1. The van der Waals surface area contributed by atoms with Crippen LogP contribution >= 0.6 is 0 Å². The molecule has 2 unspecified atom stereocenters. The smallest absolute Gasteiger partial charge is 0.227 e. The first-order valence-electron chi connectivity index (χ1n) is 13.1. The van der Waals surface area contributed by atoms with Crippen molar-refractivity contribution >= 4 is 17.5 Å². The van der Waals surface area contributed by atoms with Crippen LogP contribution in [0.5, 0.6) is 28.7 Å². The largest absolute Gasteiger partial charge is 0.497 e. The van der Waals surface area contributed by atoms with Gasteiger partial charge in [-0.2, -0.15) is 0 Å². The average Bonchev–Trinajstić information content (AvgIpc) is 3.00. The zero-order valence-corrected chi connectivity index (χ0v) is 23.6. The van der Waals surface area contributed by atoms with E-state index in [0.29, 0.717) is 53.8 Å². The molecule has 4 rings (SSSR count). The molecule has 1 N–H and O–H groups in total. The lowest BCUT2D eigenvalue weighted by Gasteiger charge is -2.41. The molecule has 0 aromatic heterocycles. The molecular weight excluding hydrogens is 512 g/mol. The number of carbonyl (C=O) groups excluding carboxylic acids is 2. The van der Waals surface area contributed by atoms with Crippen LogP contribution in [0.4, 0.5) is 5.69 Å². The summed E-state index contributed by atoms with van der Waals surface area (Å²) in [6.07, 6.45) is 1.29. The summed E-state index contributed by atoms with van der Waals surface area (Å²) in [5.74, 6) is 2.41. The predicted molar refractivity (Wildman–Crippen MR) is 152 cm³/mol. The van der Waals surface area contributed by atoms with E-state index in [2.05, 4.69) is 5.32 Å². The number of benzene rings is 3. The molecule has 212 valence electrons. The first-order chi connectivity index (χ1) is 19.4. The van der Waals surface area contributed by atoms with Crippen LogP contribution in [0.15, 0.2) is 60.7 Å². The zero-order chi connectivity index (χ0) is 28.6. The normalized spacial score (nSPS) is 16.7. The van der Waals surface area contributed by atoms with Gasteiger partial charge in [0.2, 0.25) is 11.8 Å². The Balaban J connectivity index is 1.62. The van der Waals surface area contributed by atoms with E-state index < -0.39 is 12.0 Å². The summed E-state index contributed by atoms with van der Waals surface area (Å²) in [7, 11) is 7.91. The topological polar surface area (TPSA) is 95.6 Å². The highest BCUT2D eigenvalue weighted by atomic mass is 16.5. The Labute approximate surface area is 234 Å². The standard InChI is InChI=1S/C31H36N2O7/c1-36-23-10-8-22(9-11-23)33-29(34)15-12-24(30(33)21-7-14-26(38-3)28(19-21)40-5)31(35)32-17-16-20-6-13-25(37-2)27(18-20)39-4/h6-11,13-14,18-19,24,30H,12,15-17H2,1-5H3,(H,32,35). The maximum Gasteiger partial charge on any atom is 0.227 e. The molecule has 3 aromatic carbocycles. The summed E-state index contributed by atoms with van der Waals surface area (Å²) in [6, 6.07) is 18.0. The van der Waals surface area contributed by atoms with E-state index in [9.17, 15) is 9.59 Å². The number of rotatable bonds is 11. The molecule has 1 aliphatic heterocycles. The van der Waals surface area contributed by atoms with Crippen molar-refractivity contribution < 1.29 is 33.3 Å². The molecule has 0 aliphatic carbocycles. The summed E-state index contributed by atoms with van der Waals surface area (Å²) in [5.41, 5.74) is 2.48. The monoisotopic (exact) mass is 548 g/mol. The van der Waals surface area contributed by atoms with Crippen molar-refractivity contribution in [2.75, 3.05) is 47.0 Å². The van der Waals surface area contributed by atoms with Crippen molar-refractivity contribution in [2.45, 2.75) is 25.3 Å². The van der Waals surface area contributed by atoms with E-state index in [0.717, 1.165) is 11.1 Å². The SMILES string of the molecule is COc1ccc(N2C(=O)CCC(C(=O)NCCc3ccc(OC)c(OC)c3)C2c2ccc(OC)c(OC)c2)cc1. The second kappa shape index (κ2) is 13.1. The van der Waals surface area contributed by atoms with Gasteiger partial charge in [-0.3, -0.25) is 9.59 Å². The van der Waals surface area contributed by atoms with Crippen molar-refractivity contribution in [3.8, 4) is 28.7 Å². The minimum atomic E-state index is -0.546. The molecule has 9 heteroatoms. The van der Waals surface area contributed by atoms with Crippen molar-refractivity contribution in [1.82, 2.24) is 5.32 Å². The third kappa shape index (κ3) is 6.09. The highest BCUT2D eigenvalue weighted by Crippen LogP contribution is 2.42. The molecule has 3 aromatic rings. The van der Waals surface area contributed by atoms with Crippen LogP contribution in [-0.4, -0.2) is 53.9 Å². The van der Waals surface area contributed by atoms with Crippen LogP contribution in [0, 0.1) is 5.92 Å². The summed E-state index contributed by atoms with van der Waals surface area (Å²) in [4.78, 5) is 28.8. The Kier molecular flexibility index (Phi) is 9.37. The van der Waals surface area contributed by atoms with Gasteiger partial charge < -0.3 is 33.9 Å². The minimum absolute atomic E-state index is 0.0562. The second-order valence-electron chi connectivity index (χ2n) is 9.40. The molecule has 2 amide bonds. The fourth-order valence-corrected chi connectivity index (χ4v) is 5.13. The number of hydrogen-bond acceptors (Lipinski definition) is 7. The van der Waals surface area contributed by atoms with Gasteiger partial charge in [-0.1, -0.05) is 12.1 Å². The number of amides is 2. The van der Waals surface area contributed by atoms with E-state index in [1.807, 2.05) is 42.5 Å². The highest BCUT2D eigenvalue weighted by molar-refractivity contribution is 5.97. The molecule has 1 aliphatic rings. The van der Waals surface area contributed by atoms with E-state index in [4.69, 9.17) is 23.7 Å². The van der Waals surface area contributed by atoms with Crippen LogP contribution in [0.3, 0.4) is 0 Å². The van der Waals surface area contributed by atoms with Crippen LogP contribution in [-0.2, 0) is 16.0 Å². The lowest BCUT2D eigenvalue weighted by molar-refractivity contribution is -0.129. The van der Waals surface area contributed by atoms with Gasteiger partial charge in [0, 0.05) is 18.7 Å². The van der Waals surface area contributed by atoms with Gasteiger partial charge in [0.15, 0.2) is 23.0 Å². The number of hydrogen-bond donors (Lipinski definition) is 1. The molecule has 2 atom stereocenters. The Morgan fingerprint density at radius 2 is 1.43 bits per heavy atom. The van der Waals surface area contributed by atoms with Gasteiger partial charge in [0.25, 0.3) is 0 Å². The Bertz CT molecular complexity index is 1330. The highest BCUT2D eigenvalue weighted by Gasteiger charge is 2.41. The molecule has 0 saturated carbocycles. The van der Waals surface area contributed by atoms with Gasteiger partial charge in [-0.05, 0) is 72.5 Å². The molecule has 1 saturated heterocycles. The summed E-state index contributed by atoms with van der Waals surface area (Å²) >= 11 is 0. The van der Waals surface area contributed by atoms with E-state index in [1.165, 1.54) is 0 Å². The van der Waals surface area contributed by atoms with Gasteiger partial charge >= 0.3 is 0 Å². The van der Waals surface area contributed by atoms with E-state index >= 15 is 0 Å². The van der Waals surface area contributed by atoms with Crippen LogP contribution < -0.4 is 33.9 Å². The first kappa shape index (κ1) is 28.6. The van der Waals surface area contributed by atoms with Crippen molar-refractivity contribution in [3.63, 3.8) is 0 Å². The molecule has 9 nitrogen and oxygen atoms in total. The maximum atomic E-state index is 13.7. The lowest BCUT2D eigenvalue weighted by atomic mass is 9.83. The minimum Gasteiger partial charge on any atom is -0.497 e. The Hall–Kier alpha value is -4.40. The fraction of sp³-hybridized carbons (Fsp3) is 0.355. The maximum absolute atomic E-state index is 13.7. The quantitative estimate of drug-likeness (QED) is 0.375. The number of ether oxygens (including phenoxy) is 5. The van der Waals surface area contributed by atoms with Gasteiger partial charge in [-0.25, -0.2) is 0 Å². The first-order valence-corrected chi connectivity index (χ1v) is 13.1. The average molecular weight is 549 g/mol. The third-order valence-electron chi connectivity index (χ3n) is 7.19. The molecule has 1 heterocycles. The van der Waals surface area contributed by atoms with Crippen molar-refractivity contribution in [1.29, 1.82) is 0 Å². The van der Waals surface area contributed by atoms with Gasteiger partial charge in [0.05, 0.1) is 47.5 Å². The molecular formula is C31H36N2O7.